The van der Waals surface area contributed by atoms with E-state index in [0.717, 1.165) is 50.5 Å². The van der Waals surface area contributed by atoms with Gasteiger partial charge in [0, 0.05) is 13.1 Å². The minimum absolute atomic E-state index is 0.759. The molecule has 18 heavy (non-hydrogen) atoms. The summed E-state index contributed by atoms with van der Waals surface area (Å²) in [7, 11) is 3.36. The molecule has 0 aromatic heterocycles. The van der Waals surface area contributed by atoms with Gasteiger partial charge in [0.15, 0.2) is 11.5 Å². The fourth-order valence-corrected chi connectivity index (χ4v) is 2.45. The number of fused-ring (bicyclic) bond motifs is 1. The molecule has 0 fully saturated rings. The van der Waals surface area contributed by atoms with Crippen molar-refractivity contribution in [2.45, 2.75) is 19.4 Å². The van der Waals surface area contributed by atoms with E-state index in [0.29, 0.717) is 0 Å². The van der Waals surface area contributed by atoms with Crippen molar-refractivity contribution in [2.24, 2.45) is 5.73 Å². The van der Waals surface area contributed by atoms with Crippen LogP contribution in [-0.4, -0.2) is 38.8 Å². The van der Waals surface area contributed by atoms with Crippen LogP contribution in [0, 0.1) is 0 Å². The van der Waals surface area contributed by atoms with E-state index in [2.05, 4.69) is 17.0 Å². The molecule has 0 radical (unpaired) electrons. The van der Waals surface area contributed by atoms with Crippen LogP contribution in [-0.2, 0) is 13.0 Å². The van der Waals surface area contributed by atoms with Gasteiger partial charge in [-0.3, -0.25) is 4.90 Å². The van der Waals surface area contributed by atoms with Gasteiger partial charge in [-0.25, -0.2) is 0 Å². The lowest BCUT2D eigenvalue weighted by atomic mass is 9.98. The zero-order valence-corrected chi connectivity index (χ0v) is 11.2. The Balaban J connectivity index is 2.16. The number of ether oxygens (including phenoxy) is 2. The van der Waals surface area contributed by atoms with E-state index in [-0.39, 0.29) is 0 Å². The van der Waals surface area contributed by atoms with Gasteiger partial charge in [0.05, 0.1) is 14.2 Å². The van der Waals surface area contributed by atoms with Crippen molar-refractivity contribution in [1.29, 1.82) is 0 Å². The smallest absolute Gasteiger partial charge is 0.161 e. The van der Waals surface area contributed by atoms with E-state index >= 15 is 0 Å². The Bertz CT molecular complexity index is 407. The average molecular weight is 250 g/mol. The van der Waals surface area contributed by atoms with Crippen molar-refractivity contribution in [2.75, 3.05) is 33.9 Å². The molecule has 4 nitrogen and oxygen atoms in total. The predicted molar refractivity (Wildman–Crippen MR) is 72.2 cm³/mol. The van der Waals surface area contributed by atoms with Crippen LogP contribution in [0.3, 0.4) is 0 Å². The number of nitrogens with two attached hydrogens (primary N) is 1. The van der Waals surface area contributed by atoms with Crippen molar-refractivity contribution >= 4 is 0 Å². The van der Waals surface area contributed by atoms with E-state index in [1.165, 1.54) is 11.1 Å². The number of methoxy groups -OCH3 is 2. The molecule has 2 N–H and O–H groups in total. The largest absolute Gasteiger partial charge is 0.493 e. The molecule has 1 aliphatic rings. The molecule has 0 saturated heterocycles. The third-order valence-corrected chi connectivity index (χ3v) is 3.48. The van der Waals surface area contributed by atoms with Crippen LogP contribution in [0.2, 0.25) is 0 Å². The third kappa shape index (κ3) is 2.76. The first kappa shape index (κ1) is 13.2. The summed E-state index contributed by atoms with van der Waals surface area (Å²) in [6.07, 6.45) is 2.13. The summed E-state index contributed by atoms with van der Waals surface area (Å²) in [5, 5.41) is 0. The molecular formula is C14H22N2O2. The maximum atomic E-state index is 5.56. The maximum Gasteiger partial charge on any atom is 0.161 e. The fraction of sp³-hybridized carbons (Fsp3) is 0.571. The van der Waals surface area contributed by atoms with E-state index < -0.39 is 0 Å². The van der Waals surface area contributed by atoms with Crippen molar-refractivity contribution in [3.05, 3.63) is 23.3 Å². The molecule has 0 aliphatic carbocycles. The molecule has 1 aromatic carbocycles. The predicted octanol–water partition coefficient (Wildman–Crippen LogP) is 1.41. The topological polar surface area (TPSA) is 47.7 Å². The first-order valence-electron chi connectivity index (χ1n) is 6.44. The lowest BCUT2D eigenvalue weighted by Crippen LogP contribution is -2.32. The van der Waals surface area contributed by atoms with Crippen molar-refractivity contribution < 1.29 is 9.47 Å². The number of rotatable bonds is 5. The Kier molecular flexibility index (Phi) is 4.44. The summed E-state index contributed by atoms with van der Waals surface area (Å²) in [6.45, 7) is 3.91. The van der Waals surface area contributed by atoms with E-state index in [1.807, 2.05) is 0 Å². The highest BCUT2D eigenvalue weighted by Gasteiger charge is 2.18. The van der Waals surface area contributed by atoms with Crippen LogP contribution in [0.15, 0.2) is 12.1 Å². The van der Waals surface area contributed by atoms with Crippen LogP contribution in [0.25, 0.3) is 0 Å². The fourth-order valence-electron chi connectivity index (χ4n) is 2.45. The molecule has 1 aliphatic heterocycles. The lowest BCUT2D eigenvalue weighted by Gasteiger charge is -2.29. The normalized spacial score (nSPS) is 15.3. The summed E-state index contributed by atoms with van der Waals surface area (Å²) in [4.78, 5) is 2.45. The van der Waals surface area contributed by atoms with Crippen molar-refractivity contribution in [1.82, 2.24) is 4.90 Å². The zero-order chi connectivity index (χ0) is 13.0. The van der Waals surface area contributed by atoms with Crippen LogP contribution in [0.1, 0.15) is 17.5 Å². The minimum Gasteiger partial charge on any atom is -0.493 e. The number of hydrogen-bond donors (Lipinski definition) is 1. The van der Waals surface area contributed by atoms with E-state index in [1.54, 1.807) is 14.2 Å². The number of hydrogen-bond acceptors (Lipinski definition) is 4. The Hall–Kier alpha value is -1.26. The van der Waals surface area contributed by atoms with E-state index in [9.17, 15) is 0 Å². The molecule has 4 heteroatoms. The van der Waals surface area contributed by atoms with Gasteiger partial charge in [-0.2, -0.15) is 0 Å². The summed E-state index contributed by atoms with van der Waals surface area (Å²) in [5.74, 6) is 1.64. The second-order valence-electron chi connectivity index (χ2n) is 4.64. The molecule has 0 bridgehead atoms. The molecule has 0 unspecified atom stereocenters. The highest BCUT2D eigenvalue weighted by Crippen LogP contribution is 2.33. The maximum absolute atomic E-state index is 5.56. The Morgan fingerprint density at radius 2 is 1.83 bits per heavy atom. The molecule has 2 rings (SSSR count). The van der Waals surface area contributed by atoms with Gasteiger partial charge >= 0.3 is 0 Å². The lowest BCUT2D eigenvalue weighted by molar-refractivity contribution is 0.251. The van der Waals surface area contributed by atoms with Gasteiger partial charge in [-0.15, -0.1) is 0 Å². The second kappa shape index (κ2) is 6.07. The Labute approximate surface area is 109 Å². The summed E-state index contributed by atoms with van der Waals surface area (Å²) >= 11 is 0. The Morgan fingerprint density at radius 1 is 1.17 bits per heavy atom. The Morgan fingerprint density at radius 3 is 2.44 bits per heavy atom. The van der Waals surface area contributed by atoms with Crippen LogP contribution >= 0.6 is 0 Å². The standard InChI is InChI=1S/C14H22N2O2/c1-17-13-8-11-4-7-16(6-3-5-15)10-12(11)9-14(13)18-2/h8-9H,3-7,10,15H2,1-2H3. The zero-order valence-electron chi connectivity index (χ0n) is 11.2. The monoisotopic (exact) mass is 250 g/mol. The average Bonchev–Trinajstić information content (AvgIpc) is 2.43. The van der Waals surface area contributed by atoms with Crippen molar-refractivity contribution in [3.8, 4) is 11.5 Å². The molecule has 1 aromatic rings. The highest BCUT2D eigenvalue weighted by molar-refractivity contribution is 5.48. The third-order valence-electron chi connectivity index (χ3n) is 3.48. The minimum atomic E-state index is 0.759. The number of nitrogens with zero attached hydrogens (tertiary/aromatic N) is 1. The molecule has 0 saturated carbocycles. The summed E-state index contributed by atoms with van der Waals surface area (Å²) in [5.41, 5.74) is 8.28. The first-order chi connectivity index (χ1) is 8.78. The van der Waals surface area contributed by atoms with Crippen LogP contribution in [0.5, 0.6) is 11.5 Å². The molecule has 0 amide bonds. The SMILES string of the molecule is COc1cc2c(cc1OC)CN(CCCN)CC2. The molecule has 0 atom stereocenters. The van der Waals surface area contributed by atoms with Gasteiger partial charge in [-0.1, -0.05) is 0 Å². The van der Waals surface area contributed by atoms with E-state index in [4.69, 9.17) is 15.2 Å². The molecular weight excluding hydrogens is 228 g/mol. The summed E-state index contributed by atoms with van der Waals surface area (Å²) < 4.78 is 10.7. The molecule has 100 valence electrons. The van der Waals surface area contributed by atoms with Crippen molar-refractivity contribution in [3.63, 3.8) is 0 Å². The van der Waals surface area contributed by atoms with Gasteiger partial charge in [0.2, 0.25) is 0 Å². The van der Waals surface area contributed by atoms with Gasteiger partial charge in [0.1, 0.15) is 0 Å². The van der Waals surface area contributed by atoms with Gasteiger partial charge < -0.3 is 15.2 Å². The highest BCUT2D eigenvalue weighted by atomic mass is 16.5. The van der Waals surface area contributed by atoms with Gasteiger partial charge in [0.25, 0.3) is 0 Å². The quantitative estimate of drug-likeness (QED) is 0.858. The van der Waals surface area contributed by atoms with Gasteiger partial charge in [-0.05, 0) is 49.2 Å². The first-order valence-corrected chi connectivity index (χ1v) is 6.44. The van der Waals surface area contributed by atoms with Crippen LogP contribution < -0.4 is 15.2 Å². The van der Waals surface area contributed by atoms with Crippen LogP contribution in [0.4, 0.5) is 0 Å². The second-order valence-corrected chi connectivity index (χ2v) is 4.64. The number of benzene rings is 1. The molecule has 1 heterocycles. The summed E-state index contributed by atoms with van der Waals surface area (Å²) in [6, 6.07) is 4.21. The molecule has 0 spiro atoms.